The molecular formula is C33H41Cl3N8Na2O3. The summed E-state index contributed by atoms with van der Waals surface area (Å²) in [5, 5.41) is 12.8. The Morgan fingerprint density at radius 2 is 1.12 bits per heavy atom. The van der Waals surface area contributed by atoms with E-state index in [9.17, 15) is 0 Å². The number of hydrogen-bond acceptors (Lipinski definition) is 11. The first-order chi connectivity index (χ1) is 22.9. The Bertz CT molecular complexity index is 1410. The van der Waals surface area contributed by atoms with Crippen LogP contribution in [0.15, 0.2) is 85.5 Å². The molecule has 2 aliphatic rings. The second-order valence-electron chi connectivity index (χ2n) is 10.8. The molecule has 2 aliphatic heterocycles. The molecule has 16 heteroatoms. The summed E-state index contributed by atoms with van der Waals surface area (Å²) in [5.74, 6) is 0.695. The topological polar surface area (TPSA) is 145 Å². The van der Waals surface area contributed by atoms with Crippen LogP contribution in [0.4, 0.5) is 5.82 Å². The van der Waals surface area contributed by atoms with E-state index in [1.54, 1.807) is 12.4 Å². The third kappa shape index (κ3) is 19.1. The summed E-state index contributed by atoms with van der Waals surface area (Å²) < 4.78 is 0. The van der Waals surface area contributed by atoms with Crippen molar-refractivity contribution in [3.05, 3.63) is 112 Å². The van der Waals surface area contributed by atoms with E-state index in [0.717, 1.165) is 65.0 Å². The molecule has 254 valence electrons. The number of anilines is 1. The summed E-state index contributed by atoms with van der Waals surface area (Å²) in [5.41, 5.74) is 8.65. The Kier molecular flexibility index (Phi) is 25.4. The third-order valence-corrected chi connectivity index (χ3v) is 8.29. The van der Waals surface area contributed by atoms with Crippen LogP contribution in [0.25, 0.3) is 0 Å². The predicted octanol–water partition coefficient (Wildman–Crippen LogP) is -0.845. The van der Waals surface area contributed by atoms with Gasteiger partial charge in [-0.3, -0.25) is 14.6 Å². The molecule has 0 spiro atoms. The zero-order chi connectivity index (χ0) is 33.7. The number of hydrogen-bond donors (Lipinski definition) is 2. The molecule has 0 bridgehead atoms. The second kappa shape index (κ2) is 27.3. The molecular weight excluding hydrogens is 709 g/mol. The number of aromatic nitrogens is 4. The fourth-order valence-corrected chi connectivity index (χ4v) is 5.31. The third-order valence-electron chi connectivity index (χ3n) is 7.36. The van der Waals surface area contributed by atoms with Gasteiger partial charge < -0.3 is 22.6 Å². The van der Waals surface area contributed by atoms with E-state index in [1.165, 1.54) is 23.5 Å². The van der Waals surface area contributed by atoms with Gasteiger partial charge in [-0.2, -0.15) is 0 Å². The minimum atomic E-state index is -0.181. The van der Waals surface area contributed by atoms with Crippen LogP contribution in [0.2, 0.25) is 15.5 Å². The molecule has 2 aromatic carbocycles. The number of carbonyl (C=O) groups is 1. The van der Waals surface area contributed by atoms with Crippen molar-refractivity contribution >= 4 is 47.1 Å². The number of nitrogens with one attached hydrogen (secondary N) is 1. The molecule has 2 fully saturated rings. The van der Waals surface area contributed by atoms with Crippen LogP contribution in [0.3, 0.4) is 0 Å². The molecule has 0 aliphatic carbocycles. The van der Waals surface area contributed by atoms with Crippen molar-refractivity contribution in [2.75, 3.05) is 31.5 Å². The van der Waals surface area contributed by atoms with E-state index in [0.29, 0.717) is 23.1 Å². The maximum atomic E-state index is 8.64. The van der Waals surface area contributed by atoms with E-state index in [-0.39, 0.29) is 77.3 Å². The minimum absolute atomic E-state index is 0. The van der Waals surface area contributed by atoms with Crippen LogP contribution in [0, 0.1) is 0 Å². The van der Waals surface area contributed by atoms with Crippen molar-refractivity contribution in [2.24, 2.45) is 5.73 Å². The SMILES string of the molecule is Clc1nccnc1Cl.Clc1nccnc1NC1CCN(Cc2ccccc2)CC1.NC1CCN(Cc2ccccc2)CC1.O=CO[O-].[H-].[Na+].[Na+]. The zero-order valence-electron chi connectivity index (χ0n) is 29.0. The van der Waals surface area contributed by atoms with Crippen molar-refractivity contribution in [1.29, 1.82) is 0 Å². The van der Waals surface area contributed by atoms with Crippen molar-refractivity contribution in [3.8, 4) is 0 Å². The van der Waals surface area contributed by atoms with E-state index < -0.39 is 0 Å². The predicted molar refractivity (Wildman–Crippen MR) is 185 cm³/mol. The Morgan fingerprint density at radius 1 is 0.735 bits per heavy atom. The fourth-order valence-electron chi connectivity index (χ4n) is 4.94. The molecule has 3 N–H and O–H groups in total. The number of halogens is 3. The summed E-state index contributed by atoms with van der Waals surface area (Å²) >= 11 is 16.8. The summed E-state index contributed by atoms with van der Waals surface area (Å²) in [6.45, 7) is 6.40. The summed E-state index contributed by atoms with van der Waals surface area (Å²) in [6.07, 6.45) is 10.7. The van der Waals surface area contributed by atoms with Gasteiger partial charge in [0.05, 0.1) is 0 Å². The van der Waals surface area contributed by atoms with Gasteiger partial charge in [0, 0.05) is 63.1 Å². The van der Waals surface area contributed by atoms with Crippen molar-refractivity contribution in [2.45, 2.75) is 50.9 Å². The van der Waals surface area contributed by atoms with Gasteiger partial charge in [0.1, 0.15) is 0 Å². The van der Waals surface area contributed by atoms with Crippen LogP contribution in [-0.2, 0) is 22.8 Å². The Labute approximate surface area is 349 Å². The standard InChI is InChI=1S/C16H19ClN4.C12H18N2.C4H2Cl2N2.CH2O3.2Na.H/c17-15-16(19-9-8-18-15)20-14-6-10-21(11-7-14)12-13-4-2-1-3-5-13;13-12-6-8-14(9-7-12)10-11-4-2-1-3-5-11;5-3-4(6)8-2-1-7-3;2-1-4-3;;;/h1-5,8-9,14H,6-7,10-12H2,(H,19,20);1-5,12H,6-10,13H2;1-2H;1,3H;;;/q;;;;2*+1;-1/p-1. The van der Waals surface area contributed by atoms with Crippen LogP contribution in [0.5, 0.6) is 0 Å². The van der Waals surface area contributed by atoms with Crippen molar-refractivity contribution < 1.29 is 75.5 Å². The number of piperidine rings is 2. The first-order valence-electron chi connectivity index (χ1n) is 15.2. The van der Waals surface area contributed by atoms with E-state index in [1.807, 2.05) is 0 Å². The van der Waals surface area contributed by atoms with Gasteiger partial charge in [-0.1, -0.05) is 95.5 Å². The largest absolute Gasteiger partial charge is 1.00 e. The smallest absolute Gasteiger partial charge is 1.00 e. The van der Waals surface area contributed by atoms with Gasteiger partial charge >= 0.3 is 59.1 Å². The first kappa shape index (κ1) is 45.6. The number of carbonyl (C=O) groups excluding carboxylic acids is 1. The van der Waals surface area contributed by atoms with Crippen LogP contribution < -0.4 is 75.4 Å². The first-order valence-corrected chi connectivity index (χ1v) is 16.4. The number of nitrogens with zero attached hydrogens (tertiary/aromatic N) is 6. The fraction of sp³-hybridized carbons (Fsp3) is 0.364. The molecule has 4 aromatic rings. The van der Waals surface area contributed by atoms with Gasteiger partial charge in [-0.05, 0) is 49.9 Å². The van der Waals surface area contributed by atoms with Crippen LogP contribution in [-0.4, -0.2) is 74.5 Å². The second-order valence-corrected chi connectivity index (χ2v) is 11.9. The average molecular weight is 750 g/mol. The van der Waals surface area contributed by atoms with Gasteiger partial charge in [-0.25, -0.2) is 19.9 Å². The molecule has 0 amide bonds. The van der Waals surface area contributed by atoms with Gasteiger partial charge in [0.2, 0.25) is 0 Å². The van der Waals surface area contributed by atoms with Crippen molar-refractivity contribution in [3.63, 3.8) is 0 Å². The molecule has 0 radical (unpaired) electrons. The maximum Gasteiger partial charge on any atom is 1.00 e. The van der Waals surface area contributed by atoms with E-state index in [4.69, 9.17) is 50.6 Å². The van der Waals surface area contributed by atoms with Gasteiger partial charge in [0.15, 0.2) is 21.3 Å². The van der Waals surface area contributed by atoms with Crippen molar-refractivity contribution in [1.82, 2.24) is 29.7 Å². The van der Waals surface area contributed by atoms with Gasteiger partial charge in [-0.15, -0.1) is 0 Å². The minimum Gasteiger partial charge on any atom is -1.00 e. The summed E-state index contributed by atoms with van der Waals surface area (Å²) in [7, 11) is 0. The van der Waals surface area contributed by atoms with E-state index in [2.05, 4.69) is 101 Å². The molecule has 2 saturated heterocycles. The quantitative estimate of drug-likeness (QED) is 0.106. The molecule has 11 nitrogen and oxygen atoms in total. The zero-order valence-corrected chi connectivity index (χ0v) is 34.3. The van der Waals surface area contributed by atoms with E-state index >= 15 is 0 Å². The molecule has 0 saturated carbocycles. The van der Waals surface area contributed by atoms with Crippen LogP contribution >= 0.6 is 34.8 Å². The molecule has 2 aromatic heterocycles. The molecule has 6 rings (SSSR count). The Morgan fingerprint density at radius 3 is 1.51 bits per heavy atom. The summed E-state index contributed by atoms with van der Waals surface area (Å²) in [4.78, 5) is 31.8. The number of nitrogens with two attached hydrogens (primary N) is 1. The average Bonchev–Trinajstić information content (AvgIpc) is 3.11. The Balaban J connectivity index is 0.000000718. The normalized spacial score (nSPS) is 14.8. The molecule has 4 heterocycles. The monoisotopic (exact) mass is 748 g/mol. The number of benzene rings is 2. The Hall–Kier alpha value is -1.42. The number of rotatable bonds is 7. The molecule has 0 atom stereocenters. The molecule has 0 unspecified atom stereocenters. The van der Waals surface area contributed by atoms with Gasteiger partial charge in [0.25, 0.3) is 6.47 Å². The summed E-state index contributed by atoms with van der Waals surface area (Å²) in [6, 6.07) is 22.1. The molecule has 49 heavy (non-hydrogen) atoms. The van der Waals surface area contributed by atoms with Crippen LogP contribution in [0.1, 0.15) is 38.2 Å². The number of likely N-dealkylation sites (tertiary alicyclic amines) is 2. The maximum absolute atomic E-state index is 8.64.